The van der Waals surface area contributed by atoms with Crippen molar-refractivity contribution < 1.29 is 17.2 Å². The van der Waals surface area contributed by atoms with Crippen LogP contribution in [0.2, 0.25) is 0 Å². The summed E-state index contributed by atoms with van der Waals surface area (Å²) in [4.78, 5) is 0. The maximum atomic E-state index is 9.22. The van der Waals surface area contributed by atoms with Crippen molar-refractivity contribution in [3.8, 4) is 0 Å². The van der Waals surface area contributed by atoms with Gasteiger partial charge in [0.2, 0.25) is 10.4 Å². The molecule has 4 nitrogen and oxygen atoms in total. The van der Waals surface area contributed by atoms with Crippen molar-refractivity contribution >= 4 is 23.0 Å². The van der Waals surface area contributed by atoms with Gasteiger partial charge in [-0.1, -0.05) is 97.3 Å². The third kappa shape index (κ3) is 29.0. The predicted octanol–water partition coefficient (Wildman–Crippen LogP) is 5.74. The summed E-state index contributed by atoms with van der Waals surface area (Å²) in [6.07, 6.45) is 23.0. The second-order valence-electron chi connectivity index (χ2n) is 7.06. The minimum atomic E-state index is -4.41. The van der Waals surface area contributed by atoms with Crippen LogP contribution < -0.4 is 0 Å². The zero-order valence-corrected chi connectivity index (χ0v) is 19.2. The van der Waals surface area contributed by atoms with Crippen LogP contribution in [0.15, 0.2) is 0 Å². The van der Waals surface area contributed by atoms with E-state index in [-0.39, 0.29) is 0 Å². The van der Waals surface area contributed by atoms with E-state index in [9.17, 15) is 13.0 Å². The summed E-state index contributed by atoms with van der Waals surface area (Å²) in [6.45, 7) is 4.56. The number of hydrogen-bond donors (Lipinski definition) is 0. The first-order valence-electron chi connectivity index (χ1n) is 10.6. The van der Waals surface area contributed by atoms with Crippen molar-refractivity contribution in [1.82, 2.24) is 0 Å². The van der Waals surface area contributed by atoms with E-state index in [0.29, 0.717) is 0 Å². The smallest absolute Gasteiger partial charge is 0.217 e. The summed E-state index contributed by atoms with van der Waals surface area (Å²) in [5.74, 6) is 0. The lowest BCUT2D eigenvalue weighted by Gasteiger charge is -2.04. The molecule has 0 aliphatic carbocycles. The largest absolute Gasteiger partial charge is 0.726 e. The molecule has 0 fully saturated rings. The minimum Gasteiger partial charge on any atom is -0.726 e. The van der Waals surface area contributed by atoms with Gasteiger partial charge < -0.3 is 4.55 Å². The SMILES string of the molecule is CCCCCCCCCCCCCCCCC([SH2+])CC.COS(=O)(=O)[O-]. The first-order valence-corrected chi connectivity index (χ1v) is 12.5. The Labute approximate surface area is 169 Å². The molecule has 0 bridgehead atoms. The van der Waals surface area contributed by atoms with Gasteiger partial charge in [0, 0.05) is 0 Å². The van der Waals surface area contributed by atoms with E-state index in [1.165, 1.54) is 103 Å². The van der Waals surface area contributed by atoms with Gasteiger partial charge in [-0.3, -0.25) is 4.18 Å². The molecule has 0 rings (SSSR count). The fraction of sp³-hybridized carbons (Fsp3) is 1.00. The molecule has 0 N–H and O–H groups in total. The predicted molar refractivity (Wildman–Crippen MR) is 116 cm³/mol. The summed E-state index contributed by atoms with van der Waals surface area (Å²) < 4.78 is 31.0. The van der Waals surface area contributed by atoms with Crippen LogP contribution >= 0.6 is 0 Å². The molecule has 0 saturated carbocycles. The van der Waals surface area contributed by atoms with Crippen molar-refractivity contribution in [3.63, 3.8) is 0 Å². The van der Waals surface area contributed by atoms with Gasteiger partial charge in [0.1, 0.15) is 5.25 Å². The third-order valence-corrected chi connectivity index (χ3v) is 5.71. The van der Waals surface area contributed by atoms with E-state index < -0.39 is 10.4 Å². The Morgan fingerprint density at radius 3 is 1.35 bits per heavy atom. The van der Waals surface area contributed by atoms with Crippen LogP contribution in [0, 0.1) is 0 Å². The fourth-order valence-electron chi connectivity index (χ4n) is 2.79. The molecule has 0 saturated heterocycles. The normalized spacial score (nSPS) is 12.5. The molecule has 0 aromatic heterocycles. The van der Waals surface area contributed by atoms with E-state index in [1.807, 2.05) is 0 Å². The highest BCUT2D eigenvalue weighted by Gasteiger charge is 2.03. The zero-order valence-electron chi connectivity index (χ0n) is 17.4. The van der Waals surface area contributed by atoms with Crippen LogP contribution in [-0.4, -0.2) is 25.3 Å². The van der Waals surface area contributed by atoms with Crippen LogP contribution in [0.25, 0.3) is 0 Å². The highest BCUT2D eigenvalue weighted by molar-refractivity contribution is 7.80. The average molecular weight is 413 g/mol. The van der Waals surface area contributed by atoms with E-state index in [1.54, 1.807) is 0 Å². The molecule has 0 amide bonds. The molecule has 160 valence electrons. The molecule has 1 unspecified atom stereocenters. The molecule has 6 heteroatoms. The lowest BCUT2D eigenvalue weighted by Crippen LogP contribution is -1.99. The number of rotatable bonds is 17. The molecular weight excluding hydrogens is 368 g/mol. The lowest BCUT2D eigenvalue weighted by molar-refractivity contribution is 0.314. The Kier molecular flexibility index (Phi) is 23.5. The maximum absolute atomic E-state index is 9.22. The van der Waals surface area contributed by atoms with E-state index in [2.05, 4.69) is 30.7 Å². The Balaban J connectivity index is 0. The molecule has 0 spiro atoms. The highest BCUT2D eigenvalue weighted by Crippen LogP contribution is 2.14. The van der Waals surface area contributed by atoms with Crippen LogP contribution in [0.1, 0.15) is 117 Å². The Morgan fingerprint density at radius 2 is 1.08 bits per heavy atom. The van der Waals surface area contributed by atoms with E-state index >= 15 is 0 Å². The molecule has 0 aliphatic rings. The molecule has 26 heavy (non-hydrogen) atoms. The highest BCUT2D eigenvalue weighted by atomic mass is 32.3. The minimum absolute atomic E-state index is 0.757. The van der Waals surface area contributed by atoms with Crippen LogP contribution in [0.4, 0.5) is 0 Å². The zero-order chi connectivity index (χ0) is 20.1. The van der Waals surface area contributed by atoms with Crippen LogP contribution in [-0.2, 0) is 27.2 Å². The number of unbranched alkanes of at least 4 members (excludes halogenated alkanes) is 13. The second-order valence-corrected chi connectivity index (χ2v) is 9.03. The van der Waals surface area contributed by atoms with Crippen molar-refractivity contribution in [2.45, 2.75) is 122 Å². The Morgan fingerprint density at radius 1 is 0.769 bits per heavy atom. The fourth-order valence-corrected chi connectivity index (χ4v) is 2.99. The van der Waals surface area contributed by atoms with Gasteiger partial charge >= 0.3 is 0 Å². The van der Waals surface area contributed by atoms with Crippen LogP contribution in [0.3, 0.4) is 0 Å². The van der Waals surface area contributed by atoms with Crippen molar-refractivity contribution in [2.24, 2.45) is 0 Å². The van der Waals surface area contributed by atoms with Gasteiger partial charge in [-0.15, -0.1) is 0 Å². The van der Waals surface area contributed by atoms with Gasteiger partial charge in [0.05, 0.1) is 7.11 Å². The topological polar surface area (TPSA) is 66.4 Å². The monoisotopic (exact) mass is 412 g/mol. The first kappa shape index (κ1) is 28.4. The summed E-state index contributed by atoms with van der Waals surface area (Å²) >= 11 is 3.76. The summed E-state index contributed by atoms with van der Waals surface area (Å²) in [7, 11) is -3.60. The number of hydrogen-bond acceptors (Lipinski definition) is 4. The van der Waals surface area contributed by atoms with Gasteiger partial charge in [0.15, 0.2) is 0 Å². The summed E-state index contributed by atoms with van der Waals surface area (Å²) in [5.41, 5.74) is 0. The Hall–Kier alpha value is 0.220. The maximum Gasteiger partial charge on any atom is 0.217 e. The van der Waals surface area contributed by atoms with Gasteiger partial charge in [-0.05, 0) is 31.9 Å². The van der Waals surface area contributed by atoms with Crippen molar-refractivity contribution in [1.29, 1.82) is 0 Å². The van der Waals surface area contributed by atoms with Crippen LogP contribution in [0.5, 0.6) is 0 Å². The molecule has 0 heterocycles. The first-order chi connectivity index (χ1) is 12.4. The van der Waals surface area contributed by atoms with Crippen molar-refractivity contribution in [2.75, 3.05) is 7.11 Å². The Bertz CT molecular complexity index is 359. The average Bonchev–Trinajstić information content (AvgIpc) is 2.61. The van der Waals surface area contributed by atoms with Gasteiger partial charge in [-0.25, -0.2) is 8.42 Å². The summed E-state index contributed by atoms with van der Waals surface area (Å²) in [5, 5.41) is 0.757. The molecule has 0 aromatic rings. The molecular formula is C20H44O4S2. The molecule has 0 aliphatic heterocycles. The molecule has 0 radical (unpaired) electrons. The third-order valence-electron chi connectivity index (χ3n) is 4.60. The summed E-state index contributed by atoms with van der Waals surface area (Å²) in [6, 6.07) is 0. The second kappa shape index (κ2) is 21.5. The van der Waals surface area contributed by atoms with Crippen molar-refractivity contribution in [3.05, 3.63) is 0 Å². The van der Waals surface area contributed by atoms with Gasteiger partial charge in [-0.2, -0.15) is 0 Å². The standard InChI is InChI=1S/C19H40S.CH4O4S/c1-3-5-6-7-8-9-10-11-12-13-14-15-16-17-18-19(20)4-2;1-5-6(2,3)4/h19-20H,3-18H2,1-2H3;1H3,(H,2,3,4). The van der Waals surface area contributed by atoms with Gasteiger partial charge in [0.25, 0.3) is 0 Å². The quantitative estimate of drug-likeness (QED) is 0.132. The van der Waals surface area contributed by atoms with E-state index in [4.69, 9.17) is 0 Å². The molecule has 0 aromatic carbocycles. The molecule has 1 atom stereocenters. The lowest BCUT2D eigenvalue weighted by atomic mass is 10.0. The van der Waals surface area contributed by atoms with E-state index in [0.717, 1.165) is 12.4 Å².